The molecule has 21 heavy (non-hydrogen) atoms. The fourth-order valence-corrected chi connectivity index (χ4v) is 1.71. The molecule has 0 aliphatic carbocycles. The van der Waals surface area contributed by atoms with Gasteiger partial charge >= 0.3 is 5.97 Å². The molecule has 0 radical (unpaired) electrons. The van der Waals surface area contributed by atoms with E-state index in [4.69, 9.17) is 15.2 Å². The van der Waals surface area contributed by atoms with Crippen LogP contribution in [0.5, 0.6) is 17.4 Å². The number of carbonyl (C=O) groups is 1. The molecule has 0 spiro atoms. The van der Waals surface area contributed by atoms with Crippen molar-refractivity contribution in [1.29, 1.82) is 0 Å². The number of benzene rings is 1. The van der Waals surface area contributed by atoms with E-state index in [1.807, 2.05) is 6.92 Å². The summed E-state index contributed by atoms with van der Waals surface area (Å²) in [4.78, 5) is 15.6. The summed E-state index contributed by atoms with van der Waals surface area (Å²) in [6, 6.07) is 8.50. The smallest absolute Gasteiger partial charge is 0.340 e. The van der Waals surface area contributed by atoms with Gasteiger partial charge in [-0.1, -0.05) is 0 Å². The molecule has 2 aromatic rings. The van der Waals surface area contributed by atoms with Crippen LogP contribution in [0.4, 0.5) is 5.69 Å². The van der Waals surface area contributed by atoms with Gasteiger partial charge < -0.3 is 19.9 Å². The molecule has 1 aromatic heterocycles. The zero-order chi connectivity index (χ0) is 15.2. The van der Waals surface area contributed by atoms with Gasteiger partial charge in [-0.2, -0.15) is 0 Å². The van der Waals surface area contributed by atoms with E-state index in [1.54, 1.807) is 24.3 Å². The van der Waals surface area contributed by atoms with E-state index in [9.17, 15) is 4.79 Å². The fourth-order valence-electron chi connectivity index (χ4n) is 1.71. The number of carbonyl (C=O) groups excluding carboxylic acids is 1. The molecule has 0 aliphatic rings. The van der Waals surface area contributed by atoms with Gasteiger partial charge in [-0.15, -0.1) is 0 Å². The van der Waals surface area contributed by atoms with E-state index in [0.29, 0.717) is 12.4 Å². The number of pyridine rings is 1. The quantitative estimate of drug-likeness (QED) is 0.851. The van der Waals surface area contributed by atoms with Crippen molar-refractivity contribution < 1.29 is 19.0 Å². The topological polar surface area (TPSA) is 83.7 Å². The first-order valence-corrected chi connectivity index (χ1v) is 6.39. The highest BCUT2D eigenvalue weighted by Crippen LogP contribution is 2.29. The van der Waals surface area contributed by atoms with E-state index < -0.39 is 5.97 Å². The van der Waals surface area contributed by atoms with Gasteiger partial charge in [0, 0.05) is 6.20 Å². The minimum Gasteiger partial charge on any atom is -0.494 e. The second kappa shape index (κ2) is 6.60. The molecule has 1 heterocycles. The number of nitrogens with two attached hydrogens (primary N) is 1. The highest BCUT2D eigenvalue weighted by molar-refractivity contribution is 5.96. The molecule has 0 fully saturated rings. The molecule has 0 amide bonds. The first-order chi connectivity index (χ1) is 10.2. The SMILES string of the molecule is CCOc1ccc(Oc2nccc(C(=O)OC)c2N)cc1. The molecule has 0 atom stereocenters. The Labute approximate surface area is 122 Å². The lowest BCUT2D eigenvalue weighted by molar-refractivity contribution is 0.0601. The molecule has 0 aliphatic heterocycles. The number of esters is 1. The predicted octanol–water partition coefficient (Wildman–Crippen LogP) is 2.64. The van der Waals surface area contributed by atoms with Crippen molar-refractivity contribution in [2.75, 3.05) is 19.5 Å². The molecule has 0 unspecified atom stereocenters. The van der Waals surface area contributed by atoms with Gasteiger partial charge in [0.15, 0.2) is 0 Å². The summed E-state index contributed by atoms with van der Waals surface area (Å²) < 4.78 is 15.6. The van der Waals surface area contributed by atoms with Crippen molar-refractivity contribution in [1.82, 2.24) is 4.98 Å². The summed E-state index contributed by atoms with van der Waals surface area (Å²) in [6.07, 6.45) is 1.44. The molecule has 2 N–H and O–H groups in total. The van der Waals surface area contributed by atoms with E-state index in [2.05, 4.69) is 9.72 Å². The van der Waals surface area contributed by atoms with Crippen molar-refractivity contribution in [2.24, 2.45) is 0 Å². The number of nitrogens with zero attached hydrogens (tertiary/aromatic N) is 1. The van der Waals surface area contributed by atoms with Crippen LogP contribution in [0.15, 0.2) is 36.5 Å². The average molecular weight is 288 g/mol. The molecular formula is C15H16N2O4. The van der Waals surface area contributed by atoms with E-state index in [-0.39, 0.29) is 17.1 Å². The molecule has 2 rings (SSSR count). The Kier molecular flexibility index (Phi) is 4.61. The number of anilines is 1. The Balaban J connectivity index is 2.21. The second-order valence-electron chi connectivity index (χ2n) is 4.08. The lowest BCUT2D eigenvalue weighted by Gasteiger charge is -2.10. The van der Waals surface area contributed by atoms with Crippen LogP contribution in [-0.4, -0.2) is 24.7 Å². The third-order valence-corrected chi connectivity index (χ3v) is 2.71. The predicted molar refractivity (Wildman–Crippen MR) is 77.7 cm³/mol. The van der Waals surface area contributed by atoms with Crippen LogP contribution in [0.25, 0.3) is 0 Å². The molecule has 6 heteroatoms. The van der Waals surface area contributed by atoms with Crippen molar-refractivity contribution in [3.05, 3.63) is 42.1 Å². The van der Waals surface area contributed by atoms with E-state index in [1.165, 1.54) is 19.4 Å². The molecule has 0 saturated heterocycles. The van der Waals surface area contributed by atoms with Crippen LogP contribution < -0.4 is 15.2 Å². The van der Waals surface area contributed by atoms with Crippen LogP contribution >= 0.6 is 0 Å². The third kappa shape index (κ3) is 3.42. The molecule has 0 saturated carbocycles. The van der Waals surface area contributed by atoms with Crippen molar-refractivity contribution in [2.45, 2.75) is 6.92 Å². The average Bonchev–Trinajstić information content (AvgIpc) is 2.51. The first kappa shape index (κ1) is 14.6. The Morgan fingerprint density at radius 3 is 2.48 bits per heavy atom. The summed E-state index contributed by atoms with van der Waals surface area (Å²) in [5.74, 6) is 0.905. The zero-order valence-electron chi connectivity index (χ0n) is 11.8. The summed E-state index contributed by atoms with van der Waals surface area (Å²) >= 11 is 0. The van der Waals surface area contributed by atoms with Crippen LogP contribution in [0.3, 0.4) is 0 Å². The summed E-state index contributed by atoms with van der Waals surface area (Å²) in [5, 5.41) is 0. The van der Waals surface area contributed by atoms with Gasteiger partial charge in [0.1, 0.15) is 17.2 Å². The maximum atomic E-state index is 11.6. The summed E-state index contributed by atoms with van der Waals surface area (Å²) in [6.45, 7) is 2.50. The number of methoxy groups -OCH3 is 1. The lowest BCUT2D eigenvalue weighted by Crippen LogP contribution is -2.07. The minimum absolute atomic E-state index is 0.137. The van der Waals surface area contributed by atoms with Crippen molar-refractivity contribution in [3.8, 4) is 17.4 Å². The van der Waals surface area contributed by atoms with Crippen LogP contribution in [0.1, 0.15) is 17.3 Å². The second-order valence-corrected chi connectivity index (χ2v) is 4.08. The van der Waals surface area contributed by atoms with Gasteiger partial charge in [0.2, 0.25) is 5.88 Å². The van der Waals surface area contributed by atoms with Crippen molar-refractivity contribution >= 4 is 11.7 Å². The number of hydrogen-bond donors (Lipinski definition) is 1. The van der Waals surface area contributed by atoms with Gasteiger partial charge in [-0.05, 0) is 37.3 Å². The molecule has 110 valence electrons. The van der Waals surface area contributed by atoms with E-state index >= 15 is 0 Å². The van der Waals surface area contributed by atoms with E-state index in [0.717, 1.165) is 5.75 Å². The maximum Gasteiger partial charge on any atom is 0.340 e. The highest BCUT2D eigenvalue weighted by Gasteiger charge is 2.15. The molecule has 0 bridgehead atoms. The van der Waals surface area contributed by atoms with Gasteiger partial charge in [0.25, 0.3) is 0 Å². The number of rotatable bonds is 5. The Morgan fingerprint density at radius 1 is 1.19 bits per heavy atom. The largest absolute Gasteiger partial charge is 0.494 e. The number of aromatic nitrogens is 1. The minimum atomic E-state index is -0.536. The van der Waals surface area contributed by atoms with Gasteiger partial charge in [-0.3, -0.25) is 0 Å². The van der Waals surface area contributed by atoms with Gasteiger partial charge in [-0.25, -0.2) is 9.78 Å². The summed E-state index contributed by atoms with van der Waals surface area (Å²) in [7, 11) is 1.29. The van der Waals surface area contributed by atoms with Crippen LogP contribution in [0.2, 0.25) is 0 Å². The normalized spacial score (nSPS) is 10.0. The van der Waals surface area contributed by atoms with Crippen LogP contribution in [0, 0.1) is 0 Å². The maximum absolute atomic E-state index is 11.6. The fraction of sp³-hybridized carbons (Fsp3) is 0.200. The Bertz CT molecular complexity index is 626. The van der Waals surface area contributed by atoms with Crippen LogP contribution in [-0.2, 0) is 4.74 Å². The Hall–Kier alpha value is -2.76. The molecule has 1 aromatic carbocycles. The lowest BCUT2D eigenvalue weighted by atomic mass is 10.2. The first-order valence-electron chi connectivity index (χ1n) is 6.39. The molecule has 6 nitrogen and oxygen atoms in total. The third-order valence-electron chi connectivity index (χ3n) is 2.71. The number of nitrogen functional groups attached to an aromatic ring is 1. The number of hydrogen-bond acceptors (Lipinski definition) is 6. The monoisotopic (exact) mass is 288 g/mol. The highest BCUT2D eigenvalue weighted by atomic mass is 16.5. The zero-order valence-corrected chi connectivity index (χ0v) is 11.8. The molecular weight excluding hydrogens is 272 g/mol. The van der Waals surface area contributed by atoms with Crippen molar-refractivity contribution in [3.63, 3.8) is 0 Å². The standard InChI is InChI=1S/C15H16N2O4/c1-3-20-10-4-6-11(7-5-10)21-14-13(16)12(8-9-17-14)15(18)19-2/h4-9H,3,16H2,1-2H3. The summed E-state index contributed by atoms with van der Waals surface area (Å²) in [5.41, 5.74) is 6.23. The number of ether oxygens (including phenoxy) is 3. The Morgan fingerprint density at radius 2 is 1.86 bits per heavy atom. The van der Waals surface area contributed by atoms with Gasteiger partial charge in [0.05, 0.1) is 19.3 Å².